The van der Waals surface area contributed by atoms with E-state index < -0.39 is 4.92 Å². The standard InChI is InChI=1S/C21H24N4O5/c26-20(16-3-1-9-24(15-16)21(27)19-4-2-14-30-19)23-12-10-22(11-13-23)17-5-7-18(8-6-17)25(28)29/h2,4-8,14,16H,1,3,9-13,15H2. The summed E-state index contributed by atoms with van der Waals surface area (Å²) in [5.74, 6) is 0.0409. The number of anilines is 1. The number of nitro groups is 1. The predicted octanol–water partition coefficient (Wildman–Crippen LogP) is 2.39. The molecule has 1 unspecified atom stereocenters. The van der Waals surface area contributed by atoms with Crippen molar-refractivity contribution >= 4 is 23.2 Å². The van der Waals surface area contributed by atoms with Crippen molar-refractivity contribution in [3.63, 3.8) is 0 Å². The minimum Gasteiger partial charge on any atom is -0.459 e. The Kier molecular flexibility index (Phi) is 5.69. The molecule has 0 N–H and O–H groups in total. The van der Waals surface area contributed by atoms with E-state index in [2.05, 4.69) is 4.90 Å². The molecule has 1 aromatic heterocycles. The smallest absolute Gasteiger partial charge is 0.289 e. The Morgan fingerprint density at radius 2 is 1.73 bits per heavy atom. The third-order valence-corrected chi connectivity index (χ3v) is 5.81. The van der Waals surface area contributed by atoms with E-state index in [1.165, 1.54) is 18.4 Å². The third-order valence-electron chi connectivity index (χ3n) is 5.81. The monoisotopic (exact) mass is 412 g/mol. The molecule has 1 atom stereocenters. The molecule has 9 heteroatoms. The zero-order valence-corrected chi connectivity index (χ0v) is 16.6. The van der Waals surface area contributed by atoms with Crippen LogP contribution < -0.4 is 4.90 Å². The highest BCUT2D eigenvalue weighted by molar-refractivity contribution is 5.92. The van der Waals surface area contributed by atoms with Crippen molar-refractivity contribution in [2.24, 2.45) is 5.92 Å². The van der Waals surface area contributed by atoms with Crippen molar-refractivity contribution < 1.29 is 18.9 Å². The Hall–Kier alpha value is -3.36. The Morgan fingerprint density at radius 3 is 2.37 bits per heavy atom. The summed E-state index contributed by atoms with van der Waals surface area (Å²) >= 11 is 0. The first-order valence-electron chi connectivity index (χ1n) is 10.1. The van der Waals surface area contributed by atoms with E-state index in [-0.39, 0.29) is 23.4 Å². The van der Waals surface area contributed by atoms with Gasteiger partial charge in [0.05, 0.1) is 17.1 Å². The van der Waals surface area contributed by atoms with Crippen molar-refractivity contribution in [2.45, 2.75) is 12.8 Å². The molecule has 3 heterocycles. The van der Waals surface area contributed by atoms with E-state index in [0.717, 1.165) is 18.5 Å². The fourth-order valence-corrected chi connectivity index (χ4v) is 4.15. The molecular formula is C21H24N4O5. The normalized spacial score (nSPS) is 19.6. The fraction of sp³-hybridized carbons (Fsp3) is 0.429. The van der Waals surface area contributed by atoms with Crippen LogP contribution in [0.1, 0.15) is 23.4 Å². The maximum atomic E-state index is 13.0. The number of rotatable bonds is 4. The number of hydrogen-bond acceptors (Lipinski definition) is 6. The quantitative estimate of drug-likeness (QED) is 0.565. The fourth-order valence-electron chi connectivity index (χ4n) is 4.15. The Morgan fingerprint density at radius 1 is 1.00 bits per heavy atom. The zero-order chi connectivity index (χ0) is 21.1. The zero-order valence-electron chi connectivity index (χ0n) is 16.6. The number of furan rings is 1. The molecule has 2 aliphatic heterocycles. The molecule has 158 valence electrons. The summed E-state index contributed by atoms with van der Waals surface area (Å²) in [7, 11) is 0. The van der Waals surface area contributed by atoms with E-state index in [0.29, 0.717) is 45.0 Å². The van der Waals surface area contributed by atoms with Gasteiger partial charge in [0.2, 0.25) is 5.91 Å². The average molecular weight is 412 g/mol. The number of piperazine rings is 1. The van der Waals surface area contributed by atoms with E-state index >= 15 is 0 Å². The molecule has 1 aromatic carbocycles. The summed E-state index contributed by atoms with van der Waals surface area (Å²) in [5.41, 5.74) is 0.985. The van der Waals surface area contributed by atoms with Crippen LogP contribution in [0.3, 0.4) is 0 Å². The second-order valence-electron chi connectivity index (χ2n) is 7.65. The first-order valence-corrected chi connectivity index (χ1v) is 10.1. The topological polar surface area (TPSA) is 100 Å². The van der Waals surface area contributed by atoms with Gasteiger partial charge in [-0.15, -0.1) is 0 Å². The van der Waals surface area contributed by atoms with Gasteiger partial charge in [-0.05, 0) is 37.1 Å². The van der Waals surface area contributed by atoms with Crippen molar-refractivity contribution in [3.05, 3.63) is 58.5 Å². The number of piperidine rings is 1. The van der Waals surface area contributed by atoms with Gasteiger partial charge in [-0.25, -0.2) is 0 Å². The summed E-state index contributed by atoms with van der Waals surface area (Å²) < 4.78 is 5.21. The van der Waals surface area contributed by atoms with Gasteiger partial charge in [-0.3, -0.25) is 19.7 Å². The number of nitrogens with zero attached hydrogens (tertiary/aromatic N) is 4. The van der Waals surface area contributed by atoms with Gasteiger partial charge < -0.3 is 19.1 Å². The number of amides is 2. The van der Waals surface area contributed by atoms with Gasteiger partial charge in [-0.1, -0.05) is 0 Å². The highest BCUT2D eigenvalue weighted by atomic mass is 16.6. The van der Waals surface area contributed by atoms with Gasteiger partial charge in [0, 0.05) is 57.1 Å². The molecule has 0 aliphatic carbocycles. The van der Waals surface area contributed by atoms with E-state index in [9.17, 15) is 19.7 Å². The molecule has 2 amide bonds. The van der Waals surface area contributed by atoms with Gasteiger partial charge in [0.1, 0.15) is 0 Å². The number of benzene rings is 1. The van der Waals surface area contributed by atoms with E-state index in [1.807, 2.05) is 4.90 Å². The Bertz CT molecular complexity index is 904. The van der Waals surface area contributed by atoms with E-state index in [1.54, 1.807) is 29.2 Å². The summed E-state index contributed by atoms with van der Waals surface area (Å²) in [5, 5.41) is 10.8. The van der Waals surface area contributed by atoms with Crippen LogP contribution in [-0.2, 0) is 4.79 Å². The maximum Gasteiger partial charge on any atom is 0.289 e. The van der Waals surface area contributed by atoms with Gasteiger partial charge in [0.25, 0.3) is 11.6 Å². The van der Waals surface area contributed by atoms with Gasteiger partial charge in [-0.2, -0.15) is 0 Å². The summed E-state index contributed by atoms with van der Waals surface area (Å²) in [4.78, 5) is 41.7. The van der Waals surface area contributed by atoms with Crippen molar-refractivity contribution in [1.29, 1.82) is 0 Å². The predicted molar refractivity (Wildman–Crippen MR) is 109 cm³/mol. The molecule has 0 radical (unpaired) electrons. The third kappa shape index (κ3) is 4.14. The molecule has 2 fully saturated rings. The van der Waals surface area contributed by atoms with Crippen molar-refractivity contribution in [1.82, 2.24) is 9.80 Å². The van der Waals surface area contributed by atoms with Crippen LogP contribution >= 0.6 is 0 Å². The molecule has 0 spiro atoms. The van der Waals surface area contributed by atoms with Crippen LogP contribution in [0.2, 0.25) is 0 Å². The number of likely N-dealkylation sites (tertiary alicyclic amines) is 1. The lowest BCUT2D eigenvalue weighted by atomic mass is 9.96. The maximum absolute atomic E-state index is 13.0. The lowest BCUT2D eigenvalue weighted by molar-refractivity contribution is -0.384. The molecule has 0 saturated carbocycles. The lowest BCUT2D eigenvalue weighted by Crippen LogP contribution is -2.53. The molecule has 9 nitrogen and oxygen atoms in total. The van der Waals surface area contributed by atoms with Crippen LogP contribution in [-0.4, -0.2) is 65.8 Å². The van der Waals surface area contributed by atoms with Crippen molar-refractivity contribution in [2.75, 3.05) is 44.2 Å². The number of hydrogen-bond donors (Lipinski definition) is 0. The minimum absolute atomic E-state index is 0.0681. The number of nitro benzene ring substituents is 1. The van der Waals surface area contributed by atoms with Gasteiger partial charge in [0.15, 0.2) is 5.76 Å². The van der Waals surface area contributed by atoms with Crippen molar-refractivity contribution in [3.8, 4) is 0 Å². The van der Waals surface area contributed by atoms with Crippen LogP contribution in [0.5, 0.6) is 0 Å². The van der Waals surface area contributed by atoms with Crippen LogP contribution in [0.4, 0.5) is 11.4 Å². The summed E-state index contributed by atoms with van der Waals surface area (Å²) in [6.07, 6.45) is 3.05. The van der Waals surface area contributed by atoms with Crippen LogP contribution in [0.15, 0.2) is 47.1 Å². The first-order chi connectivity index (χ1) is 14.5. The van der Waals surface area contributed by atoms with Crippen LogP contribution in [0.25, 0.3) is 0 Å². The first kappa shape index (κ1) is 19.9. The Balaban J connectivity index is 1.32. The Labute approximate surface area is 174 Å². The lowest BCUT2D eigenvalue weighted by Gasteiger charge is -2.39. The van der Waals surface area contributed by atoms with Crippen LogP contribution in [0, 0.1) is 16.0 Å². The molecular weight excluding hydrogens is 388 g/mol. The molecule has 2 aliphatic rings. The van der Waals surface area contributed by atoms with E-state index in [4.69, 9.17) is 4.42 Å². The average Bonchev–Trinajstić information content (AvgIpc) is 3.33. The number of non-ortho nitro benzene ring substituents is 1. The minimum atomic E-state index is -0.412. The number of carbonyl (C=O) groups is 2. The van der Waals surface area contributed by atoms with Gasteiger partial charge >= 0.3 is 0 Å². The molecule has 30 heavy (non-hydrogen) atoms. The summed E-state index contributed by atoms with van der Waals surface area (Å²) in [6.45, 7) is 3.59. The molecule has 0 bridgehead atoms. The highest BCUT2D eigenvalue weighted by Gasteiger charge is 2.33. The summed E-state index contributed by atoms with van der Waals surface area (Å²) in [6, 6.07) is 9.82. The second kappa shape index (κ2) is 8.56. The largest absolute Gasteiger partial charge is 0.459 e. The molecule has 4 rings (SSSR count). The molecule has 2 aromatic rings. The SMILES string of the molecule is O=C(c1ccco1)N1CCCC(C(=O)N2CCN(c3ccc([N+](=O)[O-])cc3)CC2)C1. The second-order valence-corrected chi connectivity index (χ2v) is 7.65. The molecule has 2 saturated heterocycles. The highest BCUT2D eigenvalue weighted by Crippen LogP contribution is 2.24. The number of carbonyl (C=O) groups excluding carboxylic acids is 2.